The summed E-state index contributed by atoms with van der Waals surface area (Å²) in [5, 5.41) is 11.4. The van der Waals surface area contributed by atoms with Crippen molar-refractivity contribution in [2.45, 2.75) is 30.5 Å². The van der Waals surface area contributed by atoms with Gasteiger partial charge in [-0.25, -0.2) is 4.98 Å². The molecule has 0 bridgehead atoms. The normalized spacial score (nSPS) is 12.3. The molecule has 2 aromatic heterocycles. The van der Waals surface area contributed by atoms with Crippen LogP contribution in [-0.2, 0) is 6.54 Å². The predicted octanol–water partition coefficient (Wildman–Crippen LogP) is 5.75. The van der Waals surface area contributed by atoms with Crippen LogP contribution in [0.3, 0.4) is 0 Å². The molecule has 8 nitrogen and oxygen atoms in total. The molecule has 2 heterocycles. The maximum absolute atomic E-state index is 10.4. The van der Waals surface area contributed by atoms with E-state index in [1.165, 1.54) is 6.20 Å². The summed E-state index contributed by atoms with van der Waals surface area (Å²) in [4.78, 5) is 9.21. The van der Waals surface area contributed by atoms with E-state index in [0.29, 0.717) is 32.8 Å². The lowest BCUT2D eigenvalue weighted by molar-refractivity contribution is 0.476. The number of aromatic nitrogens is 4. The van der Waals surface area contributed by atoms with Crippen LogP contribution in [0.15, 0.2) is 64.2 Å². The Kier molecular flexibility index (Phi) is 6.78. The number of rotatable bonds is 7. The Labute approximate surface area is 198 Å². The van der Waals surface area contributed by atoms with Gasteiger partial charge in [0.1, 0.15) is 5.69 Å². The van der Waals surface area contributed by atoms with Crippen molar-refractivity contribution in [3.05, 3.63) is 65.4 Å². The molecule has 0 amide bonds. The minimum absolute atomic E-state index is 0.236. The second-order valence-electron chi connectivity index (χ2n) is 7.71. The second kappa shape index (κ2) is 9.58. The summed E-state index contributed by atoms with van der Waals surface area (Å²) in [5.41, 5.74) is 3.47. The standard InChI is InChI=1S/C23H24ClN5O3S/c1-14(2)33(30,31)17-8-9-18(19(24)10-17)20-12-26-13-21(27-20)23-29-28-22(32-23)16-6-4-15(5-7-16)11-25-3/h4-10,12-14,25,30-31H,11H2,1-3H3. The fourth-order valence-electron chi connectivity index (χ4n) is 3.17. The quantitative estimate of drug-likeness (QED) is 0.303. The van der Waals surface area contributed by atoms with E-state index in [0.717, 1.165) is 17.7 Å². The van der Waals surface area contributed by atoms with Crippen LogP contribution in [0, 0.1) is 0 Å². The molecule has 0 unspecified atom stereocenters. The van der Waals surface area contributed by atoms with Gasteiger partial charge in [-0.3, -0.25) is 14.1 Å². The van der Waals surface area contributed by atoms with E-state index in [1.807, 2.05) is 31.3 Å². The van der Waals surface area contributed by atoms with Crippen molar-refractivity contribution in [3.8, 4) is 34.3 Å². The Balaban J connectivity index is 1.62. The summed E-state index contributed by atoms with van der Waals surface area (Å²) >= 11 is 6.46. The van der Waals surface area contributed by atoms with Crippen LogP contribution in [0.1, 0.15) is 19.4 Å². The average molecular weight is 486 g/mol. The molecule has 172 valence electrons. The van der Waals surface area contributed by atoms with Crippen molar-refractivity contribution in [3.63, 3.8) is 0 Å². The van der Waals surface area contributed by atoms with Gasteiger partial charge in [0.05, 0.1) is 28.0 Å². The van der Waals surface area contributed by atoms with Crippen LogP contribution in [0.25, 0.3) is 34.3 Å². The minimum atomic E-state index is -2.94. The number of hydrogen-bond acceptors (Lipinski definition) is 8. The summed E-state index contributed by atoms with van der Waals surface area (Å²) in [7, 11) is -1.04. The van der Waals surface area contributed by atoms with Gasteiger partial charge < -0.3 is 9.73 Å². The topological polar surface area (TPSA) is 117 Å². The third kappa shape index (κ3) is 4.92. The molecular formula is C23H24ClN5O3S. The summed E-state index contributed by atoms with van der Waals surface area (Å²) in [6.07, 6.45) is 3.11. The zero-order valence-corrected chi connectivity index (χ0v) is 19.9. The summed E-state index contributed by atoms with van der Waals surface area (Å²) in [5.74, 6) is 0.620. The Hall–Kier alpha value is -2.82. The summed E-state index contributed by atoms with van der Waals surface area (Å²) < 4.78 is 26.6. The Morgan fingerprint density at radius 1 is 1.00 bits per heavy atom. The lowest BCUT2D eigenvalue weighted by Crippen LogP contribution is -2.10. The van der Waals surface area contributed by atoms with Gasteiger partial charge in [0.2, 0.25) is 5.89 Å². The third-order valence-corrected chi connectivity index (χ3v) is 7.66. The first-order chi connectivity index (χ1) is 15.8. The molecule has 0 aliphatic carbocycles. The zero-order valence-electron chi connectivity index (χ0n) is 18.4. The number of halogens is 1. The lowest BCUT2D eigenvalue weighted by atomic mass is 10.1. The van der Waals surface area contributed by atoms with E-state index in [2.05, 4.69) is 25.5 Å². The van der Waals surface area contributed by atoms with Gasteiger partial charge in [-0.2, -0.15) is 10.6 Å². The molecule has 3 N–H and O–H groups in total. The molecule has 2 aromatic carbocycles. The maximum atomic E-state index is 10.4. The zero-order chi connectivity index (χ0) is 23.6. The van der Waals surface area contributed by atoms with Crippen molar-refractivity contribution in [2.75, 3.05) is 7.05 Å². The number of nitrogens with one attached hydrogen (secondary N) is 1. The first-order valence-corrected chi connectivity index (χ1v) is 12.2. The summed E-state index contributed by atoms with van der Waals surface area (Å²) in [6.45, 7) is 4.28. The fourth-order valence-corrected chi connectivity index (χ4v) is 4.62. The highest BCUT2D eigenvalue weighted by Crippen LogP contribution is 2.53. The van der Waals surface area contributed by atoms with Crippen LogP contribution < -0.4 is 5.32 Å². The predicted molar refractivity (Wildman–Crippen MR) is 130 cm³/mol. The van der Waals surface area contributed by atoms with Gasteiger partial charge in [0.25, 0.3) is 5.89 Å². The van der Waals surface area contributed by atoms with Crippen molar-refractivity contribution in [2.24, 2.45) is 0 Å². The van der Waals surface area contributed by atoms with Crippen LogP contribution in [-0.4, -0.2) is 41.6 Å². The van der Waals surface area contributed by atoms with E-state index in [9.17, 15) is 9.11 Å². The molecule has 0 aliphatic heterocycles. The Bertz CT molecular complexity index is 1260. The highest BCUT2D eigenvalue weighted by molar-refractivity contribution is 8.24. The second-order valence-corrected chi connectivity index (χ2v) is 10.7. The van der Waals surface area contributed by atoms with E-state index < -0.39 is 10.6 Å². The molecule has 0 aliphatic rings. The SMILES string of the molecule is CNCc1ccc(-c2nnc(-c3cncc(-c4ccc(S(O)(O)C(C)C)cc4Cl)n3)o2)cc1. The Morgan fingerprint density at radius 2 is 1.70 bits per heavy atom. The van der Waals surface area contributed by atoms with Crippen molar-refractivity contribution >= 4 is 22.2 Å². The molecule has 0 fully saturated rings. The molecule has 0 spiro atoms. The molecule has 0 atom stereocenters. The maximum Gasteiger partial charge on any atom is 0.268 e. The fraction of sp³-hybridized carbons (Fsp3) is 0.217. The van der Waals surface area contributed by atoms with E-state index in [1.54, 1.807) is 38.2 Å². The molecule has 4 rings (SSSR count). The summed E-state index contributed by atoms with van der Waals surface area (Å²) in [6, 6.07) is 12.8. The van der Waals surface area contributed by atoms with Crippen LogP contribution in [0.2, 0.25) is 5.02 Å². The number of nitrogens with zero attached hydrogens (tertiary/aromatic N) is 4. The molecule has 33 heavy (non-hydrogen) atoms. The smallest absolute Gasteiger partial charge is 0.268 e. The lowest BCUT2D eigenvalue weighted by Gasteiger charge is -2.36. The van der Waals surface area contributed by atoms with Gasteiger partial charge in [-0.1, -0.05) is 23.7 Å². The van der Waals surface area contributed by atoms with Gasteiger partial charge in [0, 0.05) is 22.9 Å². The van der Waals surface area contributed by atoms with Crippen LogP contribution >= 0.6 is 22.2 Å². The largest absolute Gasteiger partial charge is 0.415 e. The minimum Gasteiger partial charge on any atom is -0.415 e. The van der Waals surface area contributed by atoms with Crippen molar-refractivity contribution < 1.29 is 13.5 Å². The van der Waals surface area contributed by atoms with Gasteiger partial charge in [-0.05, 0) is 56.8 Å². The first kappa shape index (κ1) is 23.3. The third-order valence-electron chi connectivity index (χ3n) is 5.08. The van der Waals surface area contributed by atoms with Gasteiger partial charge in [-0.15, -0.1) is 10.2 Å². The molecule has 10 heteroatoms. The first-order valence-electron chi connectivity index (χ1n) is 10.3. The highest BCUT2D eigenvalue weighted by atomic mass is 35.5. The molecule has 0 saturated heterocycles. The van der Waals surface area contributed by atoms with Crippen LogP contribution in [0.5, 0.6) is 0 Å². The van der Waals surface area contributed by atoms with E-state index in [4.69, 9.17) is 16.0 Å². The Morgan fingerprint density at radius 3 is 2.36 bits per heavy atom. The molecule has 0 saturated carbocycles. The number of hydrogen-bond donors (Lipinski definition) is 3. The average Bonchev–Trinajstić information content (AvgIpc) is 3.30. The monoisotopic (exact) mass is 485 g/mol. The molecule has 0 radical (unpaired) electrons. The van der Waals surface area contributed by atoms with Crippen molar-refractivity contribution in [1.29, 1.82) is 0 Å². The molecular weight excluding hydrogens is 462 g/mol. The van der Waals surface area contributed by atoms with Crippen molar-refractivity contribution in [1.82, 2.24) is 25.5 Å². The highest BCUT2D eigenvalue weighted by Gasteiger charge is 2.22. The number of benzene rings is 2. The van der Waals surface area contributed by atoms with E-state index in [-0.39, 0.29) is 11.1 Å². The van der Waals surface area contributed by atoms with E-state index >= 15 is 0 Å². The van der Waals surface area contributed by atoms with Gasteiger partial charge >= 0.3 is 0 Å². The molecule has 4 aromatic rings. The van der Waals surface area contributed by atoms with Crippen LogP contribution in [0.4, 0.5) is 0 Å². The van der Waals surface area contributed by atoms with Gasteiger partial charge in [0.15, 0.2) is 0 Å².